The van der Waals surface area contributed by atoms with Crippen LogP contribution in [0.25, 0.3) is 0 Å². The molecule has 0 saturated carbocycles. The van der Waals surface area contributed by atoms with E-state index in [2.05, 4.69) is 21.8 Å². The predicted molar refractivity (Wildman–Crippen MR) is 73.7 cm³/mol. The Bertz CT molecular complexity index is 791. The predicted octanol–water partition coefficient (Wildman–Crippen LogP) is 1.47. The first-order valence-corrected chi connectivity index (χ1v) is 6.04. The highest BCUT2D eigenvalue weighted by Gasteiger charge is 2.16. The molecule has 0 fully saturated rings. The Kier molecular flexibility index (Phi) is 2.84. The lowest BCUT2D eigenvalue weighted by Gasteiger charge is -2.00. The van der Waals surface area contributed by atoms with Gasteiger partial charge in [0.25, 0.3) is 0 Å². The third-order valence-corrected chi connectivity index (χ3v) is 3.14. The summed E-state index contributed by atoms with van der Waals surface area (Å²) in [5.74, 6) is 5.11. The molecule has 5 nitrogen and oxygen atoms in total. The van der Waals surface area contributed by atoms with Gasteiger partial charge in [0.2, 0.25) is 0 Å². The molecule has 1 aromatic carbocycles. The molecule has 0 unspecified atom stereocenters. The molecule has 0 spiro atoms. The van der Waals surface area contributed by atoms with E-state index in [9.17, 15) is 4.79 Å². The Morgan fingerprint density at radius 3 is 2.95 bits per heavy atom. The topological polar surface area (TPSA) is 67.5 Å². The molecule has 0 radical (unpaired) electrons. The third-order valence-electron chi connectivity index (χ3n) is 3.14. The van der Waals surface area contributed by atoms with Crippen molar-refractivity contribution >= 4 is 11.7 Å². The summed E-state index contributed by atoms with van der Waals surface area (Å²) in [5, 5.41) is 8.97. The Morgan fingerprint density at radius 1 is 1.40 bits per heavy atom. The molecule has 0 amide bonds. The van der Waals surface area contributed by atoms with Gasteiger partial charge in [0, 0.05) is 12.6 Å². The Morgan fingerprint density at radius 2 is 2.25 bits per heavy atom. The van der Waals surface area contributed by atoms with Crippen molar-refractivity contribution in [2.45, 2.75) is 6.54 Å². The number of carboxylic acid groups (broad SMARTS) is 1. The summed E-state index contributed by atoms with van der Waals surface area (Å²) in [7, 11) is 1.88. The molecule has 1 aliphatic heterocycles. The van der Waals surface area contributed by atoms with Crippen molar-refractivity contribution in [3.63, 3.8) is 0 Å². The van der Waals surface area contributed by atoms with Gasteiger partial charge < -0.3 is 9.67 Å². The van der Waals surface area contributed by atoms with Gasteiger partial charge in [-0.15, -0.1) is 0 Å². The van der Waals surface area contributed by atoms with Crippen molar-refractivity contribution in [3.05, 3.63) is 53.1 Å². The average Bonchev–Trinajstić information content (AvgIpc) is 3.02. The highest BCUT2D eigenvalue weighted by molar-refractivity contribution is 6.15. The molecule has 20 heavy (non-hydrogen) atoms. The molecule has 5 heteroatoms. The number of aliphatic imine (C=N–C) groups is 1. The maximum atomic E-state index is 10.9. The average molecular weight is 265 g/mol. The minimum atomic E-state index is -0.929. The minimum absolute atomic E-state index is 0.278. The van der Waals surface area contributed by atoms with Crippen LogP contribution in [0.1, 0.15) is 27.2 Å². The van der Waals surface area contributed by atoms with Gasteiger partial charge in [-0.2, -0.15) is 0 Å². The lowest BCUT2D eigenvalue weighted by atomic mass is 10.0. The molecule has 2 aromatic rings. The zero-order chi connectivity index (χ0) is 14.1. The fourth-order valence-corrected chi connectivity index (χ4v) is 2.05. The lowest BCUT2D eigenvalue weighted by molar-refractivity contribution is 0.0697. The van der Waals surface area contributed by atoms with Crippen LogP contribution >= 0.6 is 0 Å². The van der Waals surface area contributed by atoms with E-state index in [1.165, 1.54) is 0 Å². The molecule has 98 valence electrons. The fourth-order valence-electron chi connectivity index (χ4n) is 2.05. The van der Waals surface area contributed by atoms with Gasteiger partial charge in [0.1, 0.15) is 11.4 Å². The monoisotopic (exact) mass is 265 g/mol. The maximum absolute atomic E-state index is 10.9. The number of hydrogen-bond donors (Lipinski definition) is 1. The van der Waals surface area contributed by atoms with Crippen LogP contribution in [-0.4, -0.2) is 26.3 Å². The van der Waals surface area contributed by atoms with E-state index < -0.39 is 5.97 Å². The molecule has 1 aliphatic rings. The zero-order valence-electron chi connectivity index (χ0n) is 10.8. The van der Waals surface area contributed by atoms with Gasteiger partial charge in [-0.25, -0.2) is 9.78 Å². The highest BCUT2D eigenvalue weighted by Crippen LogP contribution is 2.20. The number of nitrogens with zero attached hydrogens (tertiary/aromatic N) is 3. The summed E-state index contributed by atoms with van der Waals surface area (Å²) in [6.07, 6.45) is 3.38. The van der Waals surface area contributed by atoms with Crippen LogP contribution in [0.2, 0.25) is 0 Å². The second-order valence-corrected chi connectivity index (χ2v) is 4.48. The second-order valence-electron chi connectivity index (χ2n) is 4.48. The van der Waals surface area contributed by atoms with Gasteiger partial charge in [0.05, 0.1) is 24.6 Å². The first kappa shape index (κ1) is 12.2. The Balaban J connectivity index is 1.92. The molecule has 1 N–H and O–H groups in total. The van der Waals surface area contributed by atoms with Gasteiger partial charge in [0.15, 0.2) is 0 Å². The molecule has 2 heterocycles. The number of benzene rings is 1. The minimum Gasteiger partial charge on any atom is -0.478 e. The van der Waals surface area contributed by atoms with E-state index in [1.807, 2.05) is 11.6 Å². The number of imidazole rings is 1. The van der Waals surface area contributed by atoms with Crippen LogP contribution in [0.15, 0.2) is 35.7 Å². The highest BCUT2D eigenvalue weighted by atomic mass is 16.4. The SMILES string of the molecule is Cn1cncc1C#CC1=NCc2cc(C(=O)O)ccc21. The molecular formula is C15H11N3O2. The van der Waals surface area contributed by atoms with E-state index in [1.54, 1.807) is 30.7 Å². The van der Waals surface area contributed by atoms with Crippen molar-refractivity contribution in [3.8, 4) is 11.8 Å². The fraction of sp³-hybridized carbons (Fsp3) is 0.133. The number of aryl methyl sites for hydroxylation is 1. The van der Waals surface area contributed by atoms with Crippen LogP contribution in [0.5, 0.6) is 0 Å². The lowest BCUT2D eigenvalue weighted by Crippen LogP contribution is -2.00. The first-order valence-electron chi connectivity index (χ1n) is 6.04. The van der Waals surface area contributed by atoms with E-state index in [4.69, 9.17) is 5.11 Å². The molecule has 0 aliphatic carbocycles. The zero-order valence-corrected chi connectivity index (χ0v) is 10.8. The van der Waals surface area contributed by atoms with E-state index >= 15 is 0 Å². The van der Waals surface area contributed by atoms with Crippen molar-refractivity contribution in [2.75, 3.05) is 0 Å². The van der Waals surface area contributed by atoms with Gasteiger partial charge in [-0.1, -0.05) is 6.07 Å². The van der Waals surface area contributed by atoms with Crippen LogP contribution in [0, 0.1) is 11.8 Å². The standard InChI is InChI=1S/C15H11N3O2/c1-18-9-16-8-12(18)3-5-14-13-4-2-10(15(19)20)6-11(13)7-17-14/h2,4,6,8-9H,7H2,1H3,(H,19,20). The van der Waals surface area contributed by atoms with Crippen molar-refractivity contribution in [1.29, 1.82) is 0 Å². The Labute approximate surface area is 115 Å². The number of aromatic carboxylic acids is 1. The summed E-state index contributed by atoms with van der Waals surface area (Å²) in [4.78, 5) is 19.3. The number of rotatable bonds is 1. The molecule has 0 saturated heterocycles. The van der Waals surface area contributed by atoms with Crippen LogP contribution in [0.3, 0.4) is 0 Å². The van der Waals surface area contributed by atoms with E-state index in [-0.39, 0.29) is 5.56 Å². The smallest absolute Gasteiger partial charge is 0.335 e. The number of fused-ring (bicyclic) bond motifs is 1. The summed E-state index contributed by atoms with van der Waals surface area (Å²) in [5.41, 5.74) is 3.59. The number of aromatic nitrogens is 2. The number of hydrogen-bond acceptors (Lipinski definition) is 3. The van der Waals surface area contributed by atoms with Crippen LogP contribution in [-0.2, 0) is 13.6 Å². The third kappa shape index (κ3) is 2.08. The molecule has 0 atom stereocenters. The summed E-state index contributed by atoms with van der Waals surface area (Å²) in [6.45, 7) is 0.478. The number of carboxylic acids is 1. The van der Waals surface area contributed by atoms with Crippen LogP contribution in [0.4, 0.5) is 0 Å². The summed E-state index contributed by atoms with van der Waals surface area (Å²) in [6, 6.07) is 5.00. The van der Waals surface area contributed by atoms with Crippen molar-refractivity contribution in [1.82, 2.24) is 9.55 Å². The van der Waals surface area contributed by atoms with E-state index in [0.29, 0.717) is 12.3 Å². The Hall–Kier alpha value is -2.87. The molecule has 1 aromatic heterocycles. The largest absolute Gasteiger partial charge is 0.478 e. The quantitative estimate of drug-likeness (QED) is 0.794. The van der Waals surface area contributed by atoms with Gasteiger partial charge >= 0.3 is 5.97 Å². The van der Waals surface area contributed by atoms with E-state index in [0.717, 1.165) is 16.8 Å². The van der Waals surface area contributed by atoms with Gasteiger partial charge in [-0.3, -0.25) is 4.99 Å². The second kappa shape index (κ2) is 4.67. The first-order chi connectivity index (χ1) is 9.65. The number of carbonyl (C=O) groups is 1. The van der Waals surface area contributed by atoms with Crippen LogP contribution < -0.4 is 0 Å². The summed E-state index contributed by atoms with van der Waals surface area (Å²) < 4.78 is 1.83. The normalized spacial score (nSPS) is 12.3. The molecule has 3 rings (SSSR count). The van der Waals surface area contributed by atoms with Gasteiger partial charge in [-0.05, 0) is 29.5 Å². The van der Waals surface area contributed by atoms with Crippen molar-refractivity contribution < 1.29 is 9.90 Å². The maximum Gasteiger partial charge on any atom is 0.335 e. The summed E-state index contributed by atoms with van der Waals surface area (Å²) >= 11 is 0. The molecular weight excluding hydrogens is 254 g/mol. The van der Waals surface area contributed by atoms with Crippen molar-refractivity contribution in [2.24, 2.45) is 12.0 Å². The molecule has 0 bridgehead atoms.